The average molecular weight is 261 g/mol. The van der Waals surface area contributed by atoms with Gasteiger partial charge < -0.3 is 14.4 Å². The van der Waals surface area contributed by atoms with E-state index in [1.807, 2.05) is 25.1 Å². The van der Waals surface area contributed by atoms with Gasteiger partial charge in [-0.3, -0.25) is 9.59 Å². The highest BCUT2D eigenvalue weighted by Gasteiger charge is 2.15. The topological polar surface area (TPSA) is 70.8 Å². The third-order valence-corrected chi connectivity index (χ3v) is 2.95. The van der Waals surface area contributed by atoms with Gasteiger partial charge in [-0.05, 0) is 19.1 Å². The molecule has 0 fully saturated rings. The molecule has 5 nitrogen and oxygen atoms in total. The van der Waals surface area contributed by atoms with Crippen molar-refractivity contribution in [2.75, 3.05) is 13.6 Å². The molecule has 1 aromatic heterocycles. The maximum atomic E-state index is 11.9. The van der Waals surface area contributed by atoms with Crippen molar-refractivity contribution in [1.29, 1.82) is 0 Å². The summed E-state index contributed by atoms with van der Waals surface area (Å²) in [5.41, 5.74) is 2.59. The molecule has 5 heteroatoms. The molecule has 19 heavy (non-hydrogen) atoms. The smallest absolute Gasteiger partial charge is 0.323 e. The second-order valence-electron chi connectivity index (χ2n) is 4.58. The first-order valence-electron chi connectivity index (χ1n) is 5.90. The van der Waals surface area contributed by atoms with E-state index in [0.717, 1.165) is 22.1 Å². The molecule has 2 rings (SSSR count). The number of benzene rings is 1. The largest absolute Gasteiger partial charge is 0.480 e. The molecule has 100 valence electrons. The number of aliphatic carboxylic acids is 1. The van der Waals surface area contributed by atoms with Crippen LogP contribution in [0.15, 0.2) is 28.9 Å². The van der Waals surface area contributed by atoms with Crippen LogP contribution in [0.2, 0.25) is 0 Å². The molecule has 2 aromatic rings. The molecule has 0 saturated carbocycles. The van der Waals surface area contributed by atoms with Crippen molar-refractivity contribution < 1.29 is 19.1 Å². The minimum Gasteiger partial charge on any atom is -0.480 e. The molecule has 0 spiro atoms. The number of carboxylic acid groups (broad SMARTS) is 1. The van der Waals surface area contributed by atoms with E-state index in [0.29, 0.717) is 0 Å². The first-order valence-corrected chi connectivity index (χ1v) is 5.90. The number of carboxylic acids is 1. The van der Waals surface area contributed by atoms with Gasteiger partial charge in [0.1, 0.15) is 12.1 Å². The molecular weight excluding hydrogens is 246 g/mol. The summed E-state index contributed by atoms with van der Waals surface area (Å²) < 4.78 is 5.38. The Labute approximate surface area is 110 Å². The van der Waals surface area contributed by atoms with Crippen molar-refractivity contribution in [2.24, 2.45) is 0 Å². The molecular formula is C14H15NO4. The summed E-state index contributed by atoms with van der Waals surface area (Å²) in [5.74, 6) is -1.27. The van der Waals surface area contributed by atoms with E-state index in [1.165, 1.54) is 11.9 Å². The fraction of sp³-hybridized carbons (Fsp3) is 0.286. The van der Waals surface area contributed by atoms with Gasteiger partial charge in [-0.2, -0.15) is 0 Å². The lowest BCUT2D eigenvalue weighted by molar-refractivity contribution is -0.143. The third kappa shape index (κ3) is 2.93. The molecule has 0 aliphatic rings. The van der Waals surface area contributed by atoms with E-state index in [9.17, 15) is 9.59 Å². The molecule has 0 unspecified atom stereocenters. The maximum absolute atomic E-state index is 11.9. The van der Waals surface area contributed by atoms with Gasteiger partial charge in [-0.25, -0.2) is 0 Å². The molecule has 0 saturated heterocycles. The van der Waals surface area contributed by atoms with Gasteiger partial charge in [0.15, 0.2) is 0 Å². The Morgan fingerprint density at radius 2 is 2.11 bits per heavy atom. The Bertz CT molecular complexity index is 629. The average Bonchev–Trinajstić information content (AvgIpc) is 2.71. The number of carbonyl (C=O) groups excluding carboxylic acids is 1. The van der Waals surface area contributed by atoms with Crippen LogP contribution in [-0.2, 0) is 16.0 Å². The molecule has 1 heterocycles. The van der Waals surface area contributed by atoms with Gasteiger partial charge in [0.2, 0.25) is 5.91 Å². The zero-order valence-corrected chi connectivity index (χ0v) is 10.8. The number of carbonyl (C=O) groups is 2. The Kier molecular flexibility index (Phi) is 3.55. The summed E-state index contributed by atoms with van der Waals surface area (Å²) in [4.78, 5) is 23.6. The lowest BCUT2D eigenvalue weighted by Gasteiger charge is -2.13. The number of rotatable bonds is 4. The van der Waals surface area contributed by atoms with Gasteiger partial charge in [-0.1, -0.05) is 11.6 Å². The lowest BCUT2D eigenvalue weighted by Crippen LogP contribution is -2.32. The SMILES string of the molecule is Cc1ccc2occ(CC(=O)N(C)CC(=O)O)c2c1. The minimum atomic E-state index is -1.02. The van der Waals surface area contributed by atoms with Gasteiger partial charge in [-0.15, -0.1) is 0 Å². The van der Waals surface area contributed by atoms with Crippen molar-refractivity contribution in [3.05, 3.63) is 35.6 Å². The van der Waals surface area contributed by atoms with Crippen LogP contribution in [0.25, 0.3) is 11.0 Å². The summed E-state index contributed by atoms with van der Waals surface area (Å²) in [6, 6.07) is 5.76. The van der Waals surface area contributed by atoms with Crippen LogP contribution in [0, 0.1) is 6.92 Å². The van der Waals surface area contributed by atoms with Crippen LogP contribution in [0.3, 0.4) is 0 Å². The van der Waals surface area contributed by atoms with Gasteiger partial charge in [0, 0.05) is 18.0 Å². The maximum Gasteiger partial charge on any atom is 0.323 e. The fourth-order valence-electron chi connectivity index (χ4n) is 1.92. The van der Waals surface area contributed by atoms with E-state index < -0.39 is 5.97 Å². The first-order chi connectivity index (χ1) is 8.97. The Hall–Kier alpha value is -2.30. The molecule has 1 N–H and O–H groups in total. The predicted octanol–water partition coefficient (Wildman–Crippen LogP) is 1.83. The summed E-state index contributed by atoms with van der Waals surface area (Å²) in [5, 5.41) is 9.55. The molecule has 0 aliphatic heterocycles. The Morgan fingerprint density at radius 1 is 1.37 bits per heavy atom. The van der Waals surface area contributed by atoms with E-state index in [4.69, 9.17) is 9.52 Å². The Balaban J connectivity index is 2.19. The molecule has 1 aromatic carbocycles. The monoisotopic (exact) mass is 261 g/mol. The van der Waals surface area contributed by atoms with Crippen molar-refractivity contribution in [1.82, 2.24) is 4.90 Å². The number of furan rings is 1. The van der Waals surface area contributed by atoms with Crippen LogP contribution >= 0.6 is 0 Å². The molecule has 0 bridgehead atoms. The van der Waals surface area contributed by atoms with E-state index in [2.05, 4.69) is 0 Å². The van der Waals surface area contributed by atoms with Crippen LogP contribution in [0.5, 0.6) is 0 Å². The molecule has 0 aliphatic carbocycles. The zero-order chi connectivity index (χ0) is 14.0. The summed E-state index contributed by atoms with van der Waals surface area (Å²) in [6.45, 7) is 1.67. The van der Waals surface area contributed by atoms with Crippen molar-refractivity contribution in [3.8, 4) is 0 Å². The number of nitrogens with zero attached hydrogens (tertiary/aromatic N) is 1. The number of likely N-dealkylation sites (N-methyl/N-ethyl adjacent to an activating group) is 1. The lowest BCUT2D eigenvalue weighted by atomic mass is 10.1. The van der Waals surface area contributed by atoms with E-state index in [-0.39, 0.29) is 18.9 Å². The second kappa shape index (κ2) is 5.14. The second-order valence-corrected chi connectivity index (χ2v) is 4.58. The quantitative estimate of drug-likeness (QED) is 0.911. The van der Waals surface area contributed by atoms with Crippen molar-refractivity contribution >= 4 is 22.8 Å². The van der Waals surface area contributed by atoms with Crippen LogP contribution in [0.4, 0.5) is 0 Å². The van der Waals surface area contributed by atoms with Crippen LogP contribution in [0.1, 0.15) is 11.1 Å². The van der Waals surface area contributed by atoms with E-state index in [1.54, 1.807) is 6.26 Å². The number of hydrogen-bond donors (Lipinski definition) is 1. The molecule has 0 atom stereocenters. The van der Waals surface area contributed by atoms with Gasteiger partial charge in [0.05, 0.1) is 12.7 Å². The number of amides is 1. The summed E-state index contributed by atoms with van der Waals surface area (Å²) >= 11 is 0. The standard InChI is InChI=1S/C14H15NO4/c1-9-3-4-12-11(5-9)10(8-19-12)6-13(16)15(2)7-14(17)18/h3-5,8H,6-7H2,1-2H3,(H,17,18). The Morgan fingerprint density at radius 3 is 2.79 bits per heavy atom. The highest BCUT2D eigenvalue weighted by Crippen LogP contribution is 2.23. The minimum absolute atomic E-state index is 0.139. The summed E-state index contributed by atoms with van der Waals surface area (Å²) in [7, 11) is 1.48. The van der Waals surface area contributed by atoms with Crippen molar-refractivity contribution in [2.45, 2.75) is 13.3 Å². The number of fused-ring (bicyclic) bond motifs is 1. The molecule has 0 radical (unpaired) electrons. The number of aryl methyl sites for hydroxylation is 1. The third-order valence-electron chi connectivity index (χ3n) is 2.95. The van der Waals surface area contributed by atoms with E-state index >= 15 is 0 Å². The van der Waals surface area contributed by atoms with Crippen LogP contribution in [-0.4, -0.2) is 35.5 Å². The van der Waals surface area contributed by atoms with Gasteiger partial charge in [0.25, 0.3) is 0 Å². The fourth-order valence-corrected chi connectivity index (χ4v) is 1.92. The molecule has 1 amide bonds. The highest BCUT2D eigenvalue weighted by molar-refractivity contribution is 5.89. The first kappa shape index (κ1) is 13.1. The zero-order valence-electron chi connectivity index (χ0n) is 10.8. The van der Waals surface area contributed by atoms with Crippen LogP contribution < -0.4 is 0 Å². The number of hydrogen-bond acceptors (Lipinski definition) is 3. The predicted molar refractivity (Wildman–Crippen MR) is 69.9 cm³/mol. The normalized spacial score (nSPS) is 10.6. The van der Waals surface area contributed by atoms with Crippen molar-refractivity contribution in [3.63, 3.8) is 0 Å². The van der Waals surface area contributed by atoms with Gasteiger partial charge >= 0.3 is 5.97 Å². The highest BCUT2D eigenvalue weighted by atomic mass is 16.4. The summed E-state index contributed by atoms with van der Waals surface area (Å²) in [6.07, 6.45) is 1.69.